The molecular weight excluding hydrogens is 252 g/mol. The quantitative estimate of drug-likeness (QED) is 0.608. The van der Waals surface area contributed by atoms with E-state index in [0.29, 0.717) is 16.7 Å². The van der Waals surface area contributed by atoms with Gasteiger partial charge in [0.2, 0.25) is 0 Å². The number of nitro groups is 1. The summed E-state index contributed by atoms with van der Waals surface area (Å²) in [6, 6.07) is 6.59. The Bertz CT molecular complexity index is 437. The van der Waals surface area contributed by atoms with Crippen molar-refractivity contribution in [1.82, 2.24) is 5.32 Å². The van der Waals surface area contributed by atoms with Gasteiger partial charge in [-0.3, -0.25) is 14.3 Å². The molecule has 5 nitrogen and oxygen atoms in total. The molecule has 0 aliphatic heterocycles. The van der Waals surface area contributed by atoms with Gasteiger partial charge in [-0.2, -0.15) is 0 Å². The summed E-state index contributed by atoms with van der Waals surface area (Å²) < 4.78 is 12.0. The van der Waals surface area contributed by atoms with Gasteiger partial charge in [-0.15, -0.1) is 0 Å². The zero-order valence-corrected chi connectivity index (χ0v) is 11.4. The third-order valence-corrected chi connectivity index (χ3v) is 4.26. The highest BCUT2D eigenvalue weighted by atomic mass is 32.2. The maximum absolute atomic E-state index is 12.0. The lowest BCUT2D eigenvalue weighted by atomic mass is 10.2. The van der Waals surface area contributed by atoms with Crippen LogP contribution in [0.25, 0.3) is 0 Å². The normalized spacial score (nSPS) is 14.1. The van der Waals surface area contributed by atoms with Crippen molar-refractivity contribution in [3.8, 4) is 0 Å². The van der Waals surface area contributed by atoms with Crippen LogP contribution in [0.2, 0.25) is 0 Å². The molecule has 2 atom stereocenters. The van der Waals surface area contributed by atoms with Gasteiger partial charge in [-0.05, 0) is 32.9 Å². The number of nitrogens with one attached hydrogen (secondary N) is 1. The third kappa shape index (κ3) is 4.19. The number of para-hydroxylation sites is 1. The van der Waals surface area contributed by atoms with Gasteiger partial charge >= 0.3 is 0 Å². The monoisotopic (exact) mass is 270 g/mol. The van der Waals surface area contributed by atoms with E-state index in [-0.39, 0.29) is 5.69 Å². The van der Waals surface area contributed by atoms with Gasteiger partial charge in [-0.25, -0.2) is 0 Å². The van der Waals surface area contributed by atoms with Crippen molar-refractivity contribution in [2.75, 3.05) is 12.8 Å². The first-order chi connectivity index (χ1) is 8.56. The van der Waals surface area contributed by atoms with Gasteiger partial charge in [0.1, 0.15) is 4.90 Å². The second-order valence-electron chi connectivity index (χ2n) is 4.11. The van der Waals surface area contributed by atoms with Crippen molar-refractivity contribution in [2.24, 2.45) is 0 Å². The summed E-state index contributed by atoms with van der Waals surface area (Å²) in [4.78, 5) is 10.7. The number of hydrogen-bond acceptors (Lipinski definition) is 4. The molecule has 0 saturated carbocycles. The number of nitro benzene ring substituents is 1. The summed E-state index contributed by atoms with van der Waals surface area (Å²) in [5.74, 6) is 0.455. The molecule has 0 fully saturated rings. The molecule has 0 saturated heterocycles. The minimum atomic E-state index is -1.30. The van der Waals surface area contributed by atoms with Crippen LogP contribution in [-0.2, 0) is 10.8 Å². The minimum Gasteiger partial charge on any atom is -0.317 e. The fourth-order valence-electron chi connectivity index (χ4n) is 1.58. The Labute approximate surface area is 109 Å². The molecule has 0 radical (unpaired) electrons. The molecule has 6 heteroatoms. The molecule has 0 aliphatic carbocycles. The first kappa shape index (κ1) is 14.8. The highest BCUT2D eigenvalue weighted by molar-refractivity contribution is 7.85. The van der Waals surface area contributed by atoms with Crippen LogP contribution >= 0.6 is 0 Å². The van der Waals surface area contributed by atoms with Crippen molar-refractivity contribution >= 4 is 16.5 Å². The third-order valence-electron chi connectivity index (χ3n) is 2.77. The Morgan fingerprint density at radius 1 is 1.44 bits per heavy atom. The maximum atomic E-state index is 12.0. The van der Waals surface area contributed by atoms with Crippen molar-refractivity contribution in [3.05, 3.63) is 34.4 Å². The molecule has 0 aliphatic rings. The second-order valence-corrected chi connectivity index (χ2v) is 5.65. The molecule has 18 heavy (non-hydrogen) atoms. The topological polar surface area (TPSA) is 72.2 Å². The van der Waals surface area contributed by atoms with Crippen molar-refractivity contribution in [1.29, 1.82) is 0 Å². The van der Waals surface area contributed by atoms with Crippen LogP contribution < -0.4 is 5.32 Å². The molecular formula is C12H18N2O3S. The predicted octanol–water partition coefficient (Wildman–Crippen LogP) is 2.09. The Hall–Kier alpha value is -1.27. The van der Waals surface area contributed by atoms with E-state index in [1.165, 1.54) is 6.07 Å². The molecule has 0 aromatic heterocycles. The average molecular weight is 270 g/mol. The molecule has 0 spiro atoms. The van der Waals surface area contributed by atoms with Crippen LogP contribution in [0.3, 0.4) is 0 Å². The highest BCUT2D eigenvalue weighted by Crippen LogP contribution is 2.22. The predicted molar refractivity (Wildman–Crippen MR) is 72.1 cm³/mol. The van der Waals surface area contributed by atoms with Crippen LogP contribution in [0.1, 0.15) is 19.8 Å². The lowest BCUT2D eigenvalue weighted by Crippen LogP contribution is -2.21. The van der Waals surface area contributed by atoms with Crippen LogP contribution in [0.4, 0.5) is 5.69 Å². The number of benzene rings is 1. The first-order valence-corrected chi connectivity index (χ1v) is 7.17. The van der Waals surface area contributed by atoms with Gasteiger partial charge in [0.15, 0.2) is 0 Å². The van der Waals surface area contributed by atoms with Crippen LogP contribution in [0, 0.1) is 10.1 Å². The van der Waals surface area contributed by atoms with E-state index in [0.717, 1.165) is 12.8 Å². The largest absolute Gasteiger partial charge is 0.317 e. The summed E-state index contributed by atoms with van der Waals surface area (Å²) >= 11 is 0. The molecule has 2 unspecified atom stereocenters. The van der Waals surface area contributed by atoms with E-state index in [1.54, 1.807) is 18.2 Å². The zero-order chi connectivity index (χ0) is 13.5. The summed E-state index contributed by atoms with van der Waals surface area (Å²) in [6.45, 7) is 2.05. The van der Waals surface area contributed by atoms with Gasteiger partial charge in [-0.1, -0.05) is 12.1 Å². The van der Waals surface area contributed by atoms with Gasteiger partial charge in [0, 0.05) is 17.9 Å². The Kier molecular flexibility index (Phi) is 5.94. The van der Waals surface area contributed by atoms with E-state index in [2.05, 4.69) is 5.32 Å². The Balaban J connectivity index is 2.64. The molecule has 1 aromatic carbocycles. The van der Waals surface area contributed by atoms with Gasteiger partial charge in [0.25, 0.3) is 5.69 Å². The summed E-state index contributed by atoms with van der Waals surface area (Å²) in [5, 5.41) is 13.9. The molecule has 1 rings (SSSR count). The van der Waals surface area contributed by atoms with Crippen LogP contribution in [-0.4, -0.2) is 28.0 Å². The lowest BCUT2D eigenvalue weighted by Gasteiger charge is -2.09. The molecule has 1 aromatic rings. The summed E-state index contributed by atoms with van der Waals surface area (Å²) in [5.41, 5.74) is -0.0579. The summed E-state index contributed by atoms with van der Waals surface area (Å²) in [6.07, 6.45) is 1.68. The van der Waals surface area contributed by atoms with Gasteiger partial charge in [0.05, 0.1) is 15.7 Å². The fourth-order valence-corrected chi connectivity index (χ4v) is 2.83. The maximum Gasteiger partial charge on any atom is 0.285 e. The lowest BCUT2D eigenvalue weighted by molar-refractivity contribution is -0.387. The van der Waals surface area contributed by atoms with E-state index in [1.807, 2.05) is 14.0 Å². The highest BCUT2D eigenvalue weighted by Gasteiger charge is 2.17. The molecule has 0 amide bonds. The van der Waals surface area contributed by atoms with Crippen LogP contribution in [0.15, 0.2) is 29.2 Å². The van der Waals surface area contributed by atoms with Crippen molar-refractivity contribution in [3.63, 3.8) is 0 Å². The van der Waals surface area contributed by atoms with E-state index in [9.17, 15) is 14.3 Å². The van der Waals surface area contributed by atoms with E-state index >= 15 is 0 Å². The SMILES string of the molecule is CNC(C)CCCS(=O)c1ccccc1[N+](=O)[O-]. The second kappa shape index (κ2) is 7.23. The number of hydrogen-bond donors (Lipinski definition) is 1. The molecule has 0 heterocycles. The Morgan fingerprint density at radius 3 is 2.72 bits per heavy atom. The first-order valence-electron chi connectivity index (χ1n) is 5.85. The van der Waals surface area contributed by atoms with E-state index in [4.69, 9.17) is 0 Å². The van der Waals surface area contributed by atoms with Crippen molar-refractivity contribution in [2.45, 2.75) is 30.7 Å². The summed E-state index contributed by atoms with van der Waals surface area (Å²) in [7, 11) is 0.575. The number of nitrogens with zero attached hydrogens (tertiary/aromatic N) is 1. The number of rotatable bonds is 7. The fraction of sp³-hybridized carbons (Fsp3) is 0.500. The average Bonchev–Trinajstić information content (AvgIpc) is 2.38. The van der Waals surface area contributed by atoms with E-state index < -0.39 is 15.7 Å². The molecule has 0 bridgehead atoms. The van der Waals surface area contributed by atoms with Gasteiger partial charge < -0.3 is 5.32 Å². The standard InChI is InChI=1S/C12H18N2O3S/c1-10(13-2)6-5-9-18(17)12-8-4-3-7-11(12)14(15)16/h3-4,7-8,10,13H,5-6,9H2,1-2H3. The Morgan fingerprint density at radius 2 is 2.11 bits per heavy atom. The molecule has 1 N–H and O–H groups in total. The van der Waals surface area contributed by atoms with Crippen LogP contribution in [0.5, 0.6) is 0 Å². The smallest absolute Gasteiger partial charge is 0.285 e. The molecule has 100 valence electrons. The zero-order valence-electron chi connectivity index (χ0n) is 10.6. The van der Waals surface area contributed by atoms with Crippen molar-refractivity contribution < 1.29 is 9.13 Å². The minimum absolute atomic E-state index is 0.0579.